The van der Waals surface area contributed by atoms with E-state index in [1.54, 1.807) is 7.11 Å². The number of benzene rings is 1. The third-order valence-corrected chi connectivity index (χ3v) is 4.41. The number of methoxy groups -OCH3 is 1. The van der Waals surface area contributed by atoms with Gasteiger partial charge in [0.25, 0.3) is 0 Å². The zero-order valence-electron chi connectivity index (χ0n) is 13.2. The first-order chi connectivity index (χ1) is 9.70. The van der Waals surface area contributed by atoms with Gasteiger partial charge in [0, 0.05) is 6.54 Å². The molecule has 1 N–H and O–H groups in total. The second kappa shape index (κ2) is 7.68. The van der Waals surface area contributed by atoms with Crippen LogP contribution in [0.3, 0.4) is 0 Å². The maximum Gasteiger partial charge on any atom is 0.119 e. The molecule has 1 aliphatic rings. The molecule has 1 fully saturated rings. The van der Waals surface area contributed by atoms with Crippen LogP contribution >= 0.6 is 0 Å². The van der Waals surface area contributed by atoms with Crippen LogP contribution in [-0.4, -0.2) is 20.2 Å². The average molecular weight is 275 g/mol. The Bertz CT molecular complexity index is 396. The van der Waals surface area contributed by atoms with Crippen LogP contribution in [0.1, 0.15) is 51.0 Å². The van der Waals surface area contributed by atoms with E-state index >= 15 is 0 Å². The van der Waals surface area contributed by atoms with E-state index in [1.165, 1.54) is 31.2 Å². The quantitative estimate of drug-likeness (QED) is 0.804. The number of ether oxygens (including phenoxy) is 1. The Kier molecular flexibility index (Phi) is 5.90. The van der Waals surface area contributed by atoms with Crippen LogP contribution in [0.25, 0.3) is 0 Å². The molecule has 20 heavy (non-hydrogen) atoms. The van der Waals surface area contributed by atoms with E-state index in [1.807, 2.05) is 6.07 Å². The summed E-state index contributed by atoms with van der Waals surface area (Å²) in [4.78, 5) is 0. The molecule has 0 spiro atoms. The Morgan fingerprint density at radius 3 is 2.60 bits per heavy atom. The number of rotatable bonds is 7. The summed E-state index contributed by atoms with van der Waals surface area (Å²) in [5.74, 6) is 3.16. The van der Waals surface area contributed by atoms with Gasteiger partial charge in [0.15, 0.2) is 0 Å². The molecule has 0 saturated heterocycles. The fourth-order valence-electron chi connectivity index (χ4n) is 3.32. The molecule has 1 aromatic carbocycles. The van der Waals surface area contributed by atoms with Crippen LogP contribution in [0, 0.1) is 11.8 Å². The topological polar surface area (TPSA) is 21.3 Å². The van der Waals surface area contributed by atoms with Crippen molar-refractivity contribution in [3.8, 4) is 5.75 Å². The SMILES string of the molecule is COc1cccc(C(CNCC(C)C)C2CCCC2)c1. The lowest BCUT2D eigenvalue weighted by molar-refractivity contribution is 0.393. The molecule has 0 amide bonds. The van der Waals surface area contributed by atoms with Crippen LogP contribution in [0.5, 0.6) is 5.75 Å². The minimum absolute atomic E-state index is 0.631. The van der Waals surface area contributed by atoms with Crippen LogP contribution in [0.4, 0.5) is 0 Å². The molecule has 0 heterocycles. The molecular formula is C18H29NO. The largest absolute Gasteiger partial charge is 0.497 e. The Morgan fingerprint density at radius 1 is 1.20 bits per heavy atom. The summed E-state index contributed by atoms with van der Waals surface area (Å²) < 4.78 is 5.39. The lowest BCUT2D eigenvalue weighted by atomic mass is 9.84. The minimum atomic E-state index is 0.631. The molecular weight excluding hydrogens is 246 g/mol. The van der Waals surface area contributed by atoms with Gasteiger partial charge in [-0.1, -0.05) is 38.8 Å². The van der Waals surface area contributed by atoms with Gasteiger partial charge in [-0.2, -0.15) is 0 Å². The molecule has 1 unspecified atom stereocenters. The van der Waals surface area contributed by atoms with Crippen molar-refractivity contribution >= 4 is 0 Å². The highest BCUT2D eigenvalue weighted by Gasteiger charge is 2.26. The minimum Gasteiger partial charge on any atom is -0.497 e. The highest BCUT2D eigenvalue weighted by atomic mass is 16.5. The van der Waals surface area contributed by atoms with Gasteiger partial charge < -0.3 is 10.1 Å². The summed E-state index contributed by atoms with van der Waals surface area (Å²) >= 11 is 0. The van der Waals surface area contributed by atoms with Crippen LogP contribution < -0.4 is 10.1 Å². The summed E-state index contributed by atoms with van der Waals surface area (Å²) in [6.07, 6.45) is 5.56. The first kappa shape index (κ1) is 15.4. The van der Waals surface area contributed by atoms with Crippen molar-refractivity contribution in [1.29, 1.82) is 0 Å². The van der Waals surface area contributed by atoms with Crippen LogP contribution in [0.15, 0.2) is 24.3 Å². The normalized spacial score (nSPS) is 17.6. The highest BCUT2D eigenvalue weighted by molar-refractivity contribution is 5.31. The van der Waals surface area contributed by atoms with Gasteiger partial charge >= 0.3 is 0 Å². The van der Waals surface area contributed by atoms with Gasteiger partial charge in [-0.15, -0.1) is 0 Å². The highest BCUT2D eigenvalue weighted by Crippen LogP contribution is 2.37. The van der Waals surface area contributed by atoms with Crippen molar-refractivity contribution in [2.45, 2.75) is 45.4 Å². The molecule has 1 saturated carbocycles. The maximum absolute atomic E-state index is 5.39. The third kappa shape index (κ3) is 4.24. The van der Waals surface area contributed by atoms with Gasteiger partial charge in [0.1, 0.15) is 5.75 Å². The van der Waals surface area contributed by atoms with Crippen molar-refractivity contribution < 1.29 is 4.74 Å². The summed E-state index contributed by atoms with van der Waals surface area (Å²) in [5, 5.41) is 3.66. The van der Waals surface area contributed by atoms with Crippen molar-refractivity contribution in [3.63, 3.8) is 0 Å². The lowest BCUT2D eigenvalue weighted by Gasteiger charge is -2.25. The van der Waals surface area contributed by atoms with Crippen LogP contribution in [0.2, 0.25) is 0 Å². The third-order valence-electron chi connectivity index (χ3n) is 4.41. The van der Waals surface area contributed by atoms with E-state index in [4.69, 9.17) is 4.74 Å². The second-order valence-corrected chi connectivity index (χ2v) is 6.48. The second-order valence-electron chi connectivity index (χ2n) is 6.48. The smallest absolute Gasteiger partial charge is 0.119 e. The summed E-state index contributed by atoms with van der Waals surface area (Å²) in [7, 11) is 1.75. The first-order valence-corrected chi connectivity index (χ1v) is 8.05. The molecule has 0 radical (unpaired) electrons. The zero-order valence-corrected chi connectivity index (χ0v) is 13.2. The molecule has 2 rings (SSSR count). The zero-order chi connectivity index (χ0) is 14.4. The van der Waals surface area contributed by atoms with E-state index in [-0.39, 0.29) is 0 Å². The molecule has 1 aliphatic carbocycles. The fraction of sp³-hybridized carbons (Fsp3) is 0.667. The van der Waals surface area contributed by atoms with Gasteiger partial charge in [-0.3, -0.25) is 0 Å². The van der Waals surface area contributed by atoms with Crippen molar-refractivity contribution in [1.82, 2.24) is 5.32 Å². The molecule has 1 aromatic rings. The Balaban J connectivity index is 2.07. The van der Waals surface area contributed by atoms with Gasteiger partial charge in [-0.05, 0) is 54.8 Å². The molecule has 1 atom stereocenters. The molecule has 2 heteroatoms. The van der Waals surface area contributed by atoms with E-state index in [2.05, 4.69) is 37.4 Å². The van der Waals surface area contributed by atoms with E-state index < -0.39 is 0 Å². The van der Waals surface area contributed by atoms with Gasteiger partial charge in [0.2, 0.25) is 0 Å². The lowest BCUT2D eigenvalue weighted by Crippen LogP contribution is -2.28. The van der Waals surface area contributed by atoms with E-state index in [9.17, 15) is 0 Å². The summed E-state index contributed by atoms with van der Waals surface area (Å²) in [6, 6.07) is 8.65. The van der Waals surface area contributed by atoms with Crippen molar-refractivity contribution in [3.05, 3.63) is 29.8 Å². The molecule has 2 nitrogen and oxygen atoms in total. The van der Waals surface area contributed by atoms with Crippen molar-refractivity contribution in [2.75, 3.05) is 20.2 Å². The monoisotopic (exact) mass is 275 g/mol. The van der Waals surface area contributed by atoms with Gasteiger partial charge in [-0.25, -0.2) is 0 Å². The number of hydrogen-bond acceptors (Lipinski definition) is 2. The summed E-state index contributed by atoms with van der Waals surface area (Å²) in [5.41, 5.74) is 1.44. The van der Waals surface area contributed by atoms with Crippen molar-refractivity contribution in [2.24, 2.45) is 11.8 Å². The Morgan fingerprint density at radius 2 is 1.95 bits per heavy atom. The maximum atomic E-state index is 5.39. The number of nitrogens with one attached hydrogen (secondary N) is 1. The van der Waals surface area contributed by atoms with Gasteiger partial charge in [0.05, 0.1) is 7.11 Å². The predicted molar refractivity (Wildman–Crippen MR) is 85.4 cm³/mol. The average Bonchev–Trinajstić information content (AvgIpc) is 2.97. The molecule has 0 bridgehead atoms. The van der Waals surface area contributed by atoms with E-state index in [0.717, 1.165) is 24.8 Å². The number of hydrogen-bond donors (Lipinski definition) is 1. The van der Waals surface area contributed by atoms with E-state index in [0.29, 0.717) is 11.8 Å². The van der Waals surface area contributed by atoms with Crippen LogP contribution in [-0.2, 0) is 0 Å². The predicted octanol–water partition coefficient (Wildman–Crippen LogP) is 4.21. The summed E-state index contributed by atoms with van der Waals surface area (Å²) in [6.45, 7) is 6.73. The molecule has 112 valence electrons. The molecule has 0 aromatic heterocycles. The standard InChI is InChI=1S/C18H29NO/c1-14(2)12-19-13-18(15-7-4-5-8-15)16-9-6-10-17(11-16)20-3/h6,9-11,14-15,18-19H,4-5,7-8,12-13H2,1-3H3. The Labute approximate surface area is 123 Å². The Hall–Kier alpha value is -1.02. The fourth-order valence-corrected chi connectivity index (χ4v) is 3.32. The molecule has 0 aliphatic heterocycles. The first-order valence-electron chi connectivity index (χ1n) is 8.05.